The molecule has 6 heteroatoms. The molecule has 0 saturated carbocycles. The molecule has 20 heavy (non-hydrogen) atoms. The third-order valence-electron chi connectivity index (χ3n) is 2.02. The minimum absolute atomic E-state index is 0.0991. The van der Waals surface area contributed by atoms with Gasteiger partial charge in [0.1, 0.15) is 11.2 Å². The Labute approximate surface area is 135 Å². The molecule has 1 amide bonds. The van der Waals surface area contributed by atoms with E-state index in [9.17, 15) is 9.59 Å². The first-order valence-electron chi connectivity index (χ1n) is 6.70. The zero-order chi connectivity index (χ0) is 16.0. The number of alkyl halides is 1. The highest BCUT2D eigenvalue weighted by molar-refractivity contribution is 14.1. The summed E-state index contributed by atoms with van der Waals surface area (Å²) in [6.07, 6.45) is 0.362. The molecule has 0 saturated heterocycles. The van der Waals surface area contributed by atoms with Crippen LogP contribution in [0.4, 0.5) is 4.79 Å². The van der Waals surface area contributed by atoms with Crippen LogP contribution in [0, 0.1) is 0 Å². The molecular weight excluding hydrogens is 373 g/mol. The van der Waals surface area contributed by atoms with Crippen LogP contribution in [-0.4, -0.2) is 33.7 Å². The van der Waals surface area contributed by atoms with Crippen LogP contribution in [0.1, 0.15) is 54.4 Å². The minimum Gasteiger partial charge on any atom is -0.460 e. The molecule has 0 radical (unpaired) electrons. The molecule has 0 rings (SSSR count). The fraction of sp³-hybridized carbons (Fsp3) is 0.857. The quantitative estimate of drug-likeness (QED) is 0.437. The Bertz CT molecular complexity index is 331. The third kappa shape index (κ3) is 11.3. The Morgan fingerprint density at radius 3 is 1.95 bits per heavy atom. The number of ether oxygens (including phenoxy) is 2. The predicted molar refractivity (Wildman–Crippen MR) is 87.1 cm³/mol. The third-order valence-corrected chi connectivity index (χ3v) is 3.09. The van der Waals surface area contributed by atoms with Gasteiger partial charge in [0.15, 0.2) is 0 Å². The van der Waals surface area contributed by atoms with E-state index in [0.717, 1.165) is 0 Å². The molecule has 118 valence electrons. The maximum atomic E-state index is 11.6. The van der Waals surface area contributed by atoms with Crippen molar-refractivity contribution in [3.8, 4) is 0 Å². The number of carbonyl (C=O) groups excluding carboxylic acids is 2. The van der Waals surface area contributed by atoms with Crippen LogP contribution in [0.3, 0.4) is 0 Å². The van der Waals surface area contributed by atoms with Gasteiger partial charge in [0, 0.05) is 16.9 Å². The summed E-state index contributed by atoms with van der Waals surface area (Å²) in [6, 6.07) is -0.0991. The summed E-state index contributed by atoms with van der Waals surface area (Å²) in [4.78, 5) is 23.3. The van der Waals surface area contributed by atoms with Gasteiger partial charge in [-0.2, -0.15) is 0 Å². The molecule has 0 aliphatic carbocycles. The molecule has 5 nitrogen and oxygen atoms in total. The molecule has 0 aromatic heterocycles. The van der Waals surface area contributed by atoms with Crippen molar-refractivity contribution in [2.24, 2.45) is 0 Å². The Morgan fingerprint density at radius 2 is 1.55 bits per heavy atom. The van der Waals surface area contributed by atoms with E-state index in [4.69, 9.17) is 9.47 Å². The van der Waals surface area contributed by atoms with Crippen molar-refractivity contribution in [1.82, 2.24) is 5.32 Å². The molecule has 0 unspecified atom stereocenters. The maximum absolute atomic E-state index is 11.6. The maximum Gasteiger partial charge on any atom is 0.407 e. The number of rotatable bonds is 5. The monoisotopic (exact) mass is 399 g/mol. The molecule has 0 aromatic carbocycles. The van der Waals surface area contributed by atoms with Crippen LogP contribution in [0.25, 0.3) is 0 Å². The normalized spacial score (nSPS) is 13.6. The second-order valence-electron chi connectivity index (χ2n) is 6.62. The van der Waals surface area contributed by atoms with Crippen molar-refractivity contribution in [2.75, 3.05) is 4.43 Å². The molecule has 0 bridgehead atoms. The lowest BCUT2D eigenvalue weighted by atomic mass is 10.1. The Morgan fingerprint density at radius 1 is 1.05 bits per heavy atom. The Hall–Kier alpha value is -0.530. The number of esters is 1. The molecular formula is C14H26INO4. The molecule has 0 aliphatic rings. The van der Waals surface area contributed by atoms with Crippen molar-refractivity contribution >= 4 is 34.7 Å². The lowest BCUT2D eigenvalue weighted by molar-refractivity contribution is -0.155. The van der Waals surface area contributed by atoms with Gasteiger partial charge in [-0.25, -0.2) is 4.79 Å². The number of nitrogens with one attached hydrogen (secondary N) is 1. The fourth-order valence-corrected chi connectivity index (χ4v) is 2.01. The van der Waals surface area contributed by atoms with Crippen molar-refractivity contribution in [3.05, 3.63) is 0 Å². The lowest BCUT2D eigenvalue weighted by Crippen LogP contribution is -2.40. The summed E-state index contributed by atoms with van der Waals surface area (Å²) < 4.78 is 11.1. The van der Waals surface area contributed by atoms with Crippen molar-refractivity contribution in [3.63, 3.8) is 0 Å². The molecule has 0 aliphatic heterocycles. The predicted octanol–water partition coefficient (Wildman–Crippen LogP) is 3.44. The SMILES string of the molecule is CC(C)(C)OC(=O)CC[C@H](CI)NC(=O)OC(C)(C)C. The Balaban J connectivity index is 4.17. The number of amides is 1. The van der Waals surface area contributed by atoms with E-state index >= 15 is 0 Å². The molecule has 0 fully saturated rings. The molecule has 1 atom stereocenters. The van der Waals surface area contributed by atoms with Gasteiger partial charge < -0.3 is 14.8 Å². The number of hydrogen-bond donors (Lipinski definition) is 1. The second kappa shape index (κ2) is 8.05. The van der Waals surface area contributed by atoms with Gasteiger partial charge in [0.25, 0.3) is 0 Å². The van der Waals surface area contributed by atoms with Gasteiger partial charge in [-0.05, 0) is 48.0 Å². The van der Waals surface area contributed by atoms with Crippen LogP contribution in [0.2, 0.25) is 0 Å². The summed E-state index contributed by atoms with van der Waals surface area (Å²) >= 11 is 2.17. The topological polar surface area (TPSA) is 64.6 Å². The summed E-state index contributed by atoms with van der Waals surface area (Å²) in [5.41, 5.74) is -0.999. The van der Waals surface area contributed by atoms with E-state index in [2.05, 4.69) is 27.9 Å². The van der Waals surface area contributed by atoms with E-state index in [-0.39, 0.29) is 18.4 Å². The van der Waals surface area contributed by atoms with Gasteiger partial charge in [-0.3, -0.25) is 4.79 Å². The van der Waals surface area contributed by atoms with Crippen LogP contribution in [-0.2, 0) is 14.3 Å². The van der Waals surface area contributed by atoms with Gasteiger partial charge in [0.2, 0.25) is 0 Å². The largest absolute Gasteiger partial charge is 0.460 e. The van der Waals surface area contributed by atoms with Crippen LogP contribution in [0.15, 0.2) is 0 Å². The van der Waals surface area contributed by atoms with E-state index in [1.165, 1.54) is 0 Å². The number of hydrogen-bond acceptors (Lipinski definition) is 4. The fourth-order valence-electron chi connectivity index (χ4n) is 1.35. The second-order valence-corrected chi connectivity index (χ2v) is 7.50. The summed E-state index contributed by atoms with van der Waals surface area (Å²) in [6.45, 7) is 10.9. The van der Waals surface area contributed by atoms with Gasteiger partial charge in [0.05, 0.1) is 0 Å². The highest BCUT2D eigenvalue weighted by atomic mass is 127. The first-order chi connectivity index (χ1) is 8.93. The van der Waals surface area contributed by atoms with E-state index in [0.29, 0.717) is 10.8 Å². The number of carbonyl (C=O) groups is 2. The average Bonchev–Trinajstić information content (AvgIpc) is 2.18. The van der Waals surface area contributed by atoms with Crippen LogP contribution >= 0.6 is 22.6 Å². The van der Waals surface area contributed by atoms with Gasteiger partial charge in [-0.15, -0.1) is 0 Å². The van der Waals surface area contributed by atoms with Crippen LogP contribution in [0.5, 0.6) is 0 Å². The van der Waals surface area contributed by atoms with Crippen LogP contribution < -0.4 is 5.32 Å². The van der Waals surface area contributed by atoms with Gasteiger partial charge in [-0.1, -0.05) is 22.6 Å². The zero-order valence-corrected chi connectivity index (χ0v) is 15.4. The number of halogens is 1. The van der Waals surface area contributed by atoms with E-state index < -0.39 is 17.3 Å². The standard InChI is InChI=1S/C14H26INO4/c1-13(2,3)19-11(17)8-7-10(9-15)16-12(18)20-14(4,5)6/h10H,7-9H2,1-6H3,(H,16,18)/t10-/m1/s1. The molecule has 0 aromatic rings. The summed E-state index contributed by atoms with van der Waals surface area (Å²) in [5.74, 6) is -0.252. The van der Waals surface area contributed by atoms with Crippen molar-refractivity contribution < 1.29 is 19.1 Å². The van der Waals surface area contributed by atoms with Crippen molar-refractivity contribution in [1.29, 1.82) is 0 Å². The first kappa shape index (κ1) is 19.5. The summed E-state index contributed by atoms with van der Waals surface area (Å²) in [7, 11) is 0. The van der Waals surface area contributed by atoms with Crippen molar-refractivity contribution in [2.45, 2.75) is 71.6 Å². The van der Waals surface area contributed by atoms with Gasteiger partial charge >= 0.3 is 12.1 Å². The number of alkyl carbamates (subject to hydrolysis) is 1. The smallest absolute Gasteiger partial charge is 0.407 e. The van der Waals surface area contributed by atoms with E-state index in [1.807, 2.05) is 41.5 Å². The average molecular weight is 399 g/mol. The Kier molecular flexibility index (Phi) is 7.83. The minimum atomic E-state index is -0.523. The zero-order valence-electron chi connectivity index (χ0n) is 13.2. The highest BCUT2D eigenvalue weighted by Gasteiger charge is 2.21. The molecule has 1 N–H and O–H groups in total. The first-order valence-corrected chi connectivity index (χ1v) is 8.23. The highest BCUT2D eigenvalue weighted by Crippen LogP contribution is 2.12. The lowest BCUT2D eigenvalue weighted by Gasteiger charge is -2.23. The molecule has 0 heterocycles. The van der Waals surface area contributed by atoms with E-state index in [1.54, 1.807) is 0 Å². The molecule has 0 spiro atoms. The summed E-state index contributed by atoms with van der Waals surface area (Å²) in [5, 5.41) is 2.76.